The number of H-pyrrole nitrogens is 1. The number of aromatic nitrogens is 3. The lowest BCUT2D eigenvalue weighted by molar-refractivity contribution is 0.369. The van der Waals surface area contributed by atoms with E-state index in [0.717, 1.165) is 0 Å². The van der Waals surface area contributed by atoms with Crippen molar-refractivity contribution in [3.05, 3.63) is 34.6 Å². The maximum atomic E-state index is 9.96. The molecule has 0 aliphatic rings. The first-order chi connectivity index (χ1) is 10.1. The number of nitrogens with zero attached hydrogens (tertiary/aromatic N) is 3. The monoisotopic (exact) mass is 304 g/mol. The topological polar surface area (TPSA) is 107 Å². The maximum Gasteiger partial charge on any atom is 0.200 e. The van der Waals surface area contributed by atoms with Crippen LogP contribution in [0.3, 0.4) is 0 Å². The van der Waals surface area contributed by atoms with Crippen LogP contribution in [0.4, 0.5) is 5.82 Å². The quantitative estimate of drug-likeness (QED) is 0.542. The third kappa shape index (κ3) is 2.25. The van der Waals surface area contributed by atoms with Gasteiger partial charge in [-0.05, 0) is 12.1 Å². The average Bonchev–Trinajstić information content (AvgIpc) is 3.09. The van der Waals surface area contributed by atoms with Crippen molar-refractivity contribution in [1.82, 2.24) is 14.8 Å². The van der Waals surface area contributed by atoms with E-state index in [-0.39, 0.29) is 11.5 Å². The van der Waals surface area contributed by atoms with Gasteiger partial charge in [0.15, 0.2) is 22.1 Å². The highest BCUT2D eigenvalue weighted by molar-refractivity contribution is 7.07. The van der Waals surface area contributed by atoms with E-state index >= 15 is 0 Å². The van der Waals surface area contributed by atoms with Gasteiger partial charge in [-0.2, -0.15) is 5.10 Å². The summed E-state index contributed by atoms with van der Waals surface area (Å²) in [6.45, 7) is 0. The van der Waals surface area contributed by atoms with E-state index in [9.17, 15) is 15.3 Å². The predicted octanol–water partition coefficient (Wildman–Crippen LogP) is 1.83. The van der Waals surface area contributed by atoms with Crippen molar-refractivity contribution >= 4 is 17.2 Å². The Bertz CT molecular complexity index is 849. The maximum absolute atomic E-state index is 9.96. The summed E-state index contributed by atoms with van der Waals surface area (Å²) in [5.74, 6) is -0.643. The number of hydrogen-bond acceptors (Lipinski definition) is 6. The van der Waals surface area contributed by atoms with Gasteiger partial charge in [0.05, 0.1) is 11.9 Å². The van der Waals surface area contributed by atoms with Gasteiger partial charge in [0.1, 0.15) is 0 Å². The van der Waals surface area contributed by atoms with E-state index < -0.39 is 5.75 Å². The molecule has 0 aliphatic carbocycles. The Kier molecular flexibility index (Phi) is 3.15. The number of aromatic hydroxyl groups is 3. The van der Waals surface area contributed by atoms with Crippen LogP contribution in [0, 0.1) is 0 Å². The number of rotatable bonds is 2. The van der Waals surface area contributed by atoms with Gasteiger partial charge in [-0.25, -0.2) is 4.99 Å². The molecule has 2 aromatic heterocycles. The first-order valence-electron chi connectivity index (χ1n) is 6.01. The van der Waals surface area contributed by atoms with Gasteiger partial charge in [-0.1, -0.05) is 0 Å². The normalized spacial score (nSPS) is 12.0. The molecule has 0 saturated carbocycles. The van der Waals surface area contributed by atoms with Crippen molar-refractivity contribution in [2.24, 2.45) is 12.0 Å². The van der Waals surface area contributed by atoms with Crippen LogP contribution in [0.15, 0.2) is 34.8 Å². The summed E-state index contributed by atoms with van der Waals surface area (Å²) in [6, 6.07) is 4.60. The zero-order valence-electron chi connectivity index (χ0n) is 11.0. The molecule has 0 atom stereocenters. The van der Waals surface area contributed by atoms with Gasteiger partial charge in [-0.3, -0.25) is 5.10 Å². The molecule has 1 aromatic carbocycles. The van der Waals surface area contributed by atoms with E-state index in [4.69, 9.17) is 0 Å². The molecule has 0 saturated heterocycles. The Morgan fingerprint density at radius 2 is 2.00 bits per heavy atom. The predicted molar refractivity (Wildman–Crippen MR) is 77.5 cm³/mol. The fourth-order valence-corrected chi connectivity index (χ4v) is 2.81. The number of thiazole rings is 1. The molecule has 3 aromatic rings. The number of hydrogen-bond donors (Lipinski definition) is 4. The van der Waals surface area contributed by atoms with E-state index in [1.165, 1.54) is 23.5 Å². The van der Waals surface area contributed by atoms with Gasteiger partial charge >= 0.3 is 0 Å². The van der Waals surface area contributed by atoms with E-state index in [0.29, 0.717) is 21.9 Å². The van der Waals surface area contributed by atoms with Crippen LogP contribution in [0.5, 0.6) is 17.2 Å². The molecule has 0 spiro atoms. The fraction of sp³-hybridized carbons (Fsp3) is 0.0769. The molecule has 3 rings (SSSR count). The van der Waals surface area contributed by atoms with Gasteiger partial charge in [0, 0.05) is 24.1 Å². The second kappa shape index (κ2) is 4.98. The third-order valence-corrected chi connectivity index (χ3v) is 3.95. The van der Waals surface area contributed by atoms with Gasteiger partial charge < -0.3 is 19.9 Å². The average molecular weight is 304 g/mol. The van der Waals surface area contributed by atoms with Crippen LogP contribution in [0.2, 0.25) is 0 Å². The number of phenolic OH excluding ortho intramolecular Hbond substituents is 3. The number of aromatic amines is 1. The minimum absolute atomic E-state index is 0.364. The highest BCUT2D eigenvalue weighted by atomic mass is 32.1. The van der Waals surface area contributed by atoms with Crippen molar-refractivity contribution < 1.29 is 15.3 Å². The molecule has 0 fully saturated rings. The molecular weight excluding hydrogens is 292 g/mol. The molecule has 0 bridgehead atoms. The summed E-state index contributed by atoms with van der Waals surface area (Å²) in [5.41, 5.74) is 1.08. The summed E-state index contributed by atoms with van der Waals surface area (Å²) >= 11 is 1.38. The second-order valence-corrected chi connectivity index (χ2v) is 5.18. The lowest BCUT2D eigenvalue weighted by Crippen LogP contribution is -2.10. The van der Waals surface area contributed by atoms with Crippen LogP contribution in [-0.4, -0.2) is 30.1 Å². The molecular formula is C13H12N4O3S. The van der Waals surface area contributed by atoms with Gasteiger partial charge in [-0.15, -0.1) is 11.3 Å². The minimum atomic E-state index is -0.536. The molecule has 0 radical (unpaired) electrons. The SMILES string of the molecule is Cn1c(-c2ccc(O)c(O)c2O)csc1=Nc1ccn[nH]1. The van der Waals surface area contributed by atoms with Crippen LogP contribution in [0.25, 0.3) is 11.3 Å². The highest BCUT2D eigenvalue weighted by Gasteiger charge is 2.15. The highest BCUT2D eigenvalue weighted by Crippen LogP contribution is 2.41. The Balaban J connectivity index is 2.14. The number of nitrogens with one attached hydrogen (secondary N) is 1. The Morgan fingerprint density at radius 1 is 1.19 bits per heavy atom. The van der Waals surface area contributed by atoms with Crippen molar-refractivity contribution in [2.45, 2.75) is 0 Å². The third-order valence-electron chi connectivity index (χ3n) is 3.03. The lowest BCUT2D eigenvalue weighted by atomic mass is 10.1. The molecule has 108 valence electrons. The van der Waals surface area contributed by atoms with E-state index in [1.54, 1.807) is 29.3 Å². The van der Waals surface area contributed by atoms with Crippen molar-refractivity contribution in [2.75, 3.05) is 0 Å². The molecule has 4 N–H and O–H groups in total. The summed E-state index contributed by atoms with van der Waals surface area (Å²) in [7, 11) is 1.80. The summed E-state index contributed by atoms with van der Waals surface area (Å²) < 4.78 is 1.77. The molecule has 7 nitrogen and oxygen atoms in total. The second-order valence-electron chi connectivity index (χ2n) is 4.35. The molecule has 8 heteroatoms. The summed E-state index contributed by atoms with van der Waals surface area (Å²) in [5, 5.41) is 37.3. The summed E-state index contributed by atoms with van der Waals surface area (Å²) in [6.07, 6.45) is 1.61. The van der Waals surface area contributed by atoms with Crippen LogP contribution in [-0.2, 0) is 7.05 Å². The summed E-state index contributed by atoms with van der Waals surface area (Å²) in [4.78, 5) is 5.08. The molecule has 0 amide bonds. The Morgan fingerprint density at radius 3 is 2.71 bits per heavy atom. The van der Waals surface area contributed by atoms with Crippen molar-refractivity contribution in [1.29, 1.82) is 0 Å². The van der Waals surface area contributed by atoms with Crippen molar-refractivity contribution in [3.8, 4) is 28.5 Å². The van der Waals surface area contributed by atoms with Crippen LogP contribution < -0.4 is 4.80 Å². The zero-order valence-corrected chi connectivity index (χ0v) is 11.8. The lowest BCUT2D eigenvalue weighted by Gasteiger charge is -2.08. The fourth-order valence-electron chi connectivity index (χ4n) is 1.90. The van der Waals surface area contributed by atoms with E-state index in [1.807, 2.05) is 0 Å². The van der Waals surface area contributed by atoms with Crippen LogP contribution in [0.1, 0.15) is 0 Å². The van der Waals surface area contributed by atoms with Crippen LogP contribution >= 0.6 is 11.3 Å². The van der Waals surface area contributed by atoms with E-state index in [2.05, 4.69) is 15.2 Å². The molecule has 0 aliphatic heterocycles. The molecule has 2 heterocycles. The Hall–Kier alpha value is -2.74. The smallest absolute Gasteiger partial charge is 0.200 e. The zero-order chi connectivity index (χ0) is 15.0. The van der Waals surface area contributed by atoms with Crippen molar-refractivity contribution in [3.63, 3.8) is 0 Å². The molecule has 0 unspecified atom stereocenters. The van der Waals surface area contributed by atoms with Gasteiger partial charge in [0.25, 0.3) is 0 Å². The Labute approximate surface area is 123 Å². The largest absolute Gasteiger partial charge is 0.504 e. The number of phenols is 3. The first-order valence-corrected chi connectivity index (χ1v) is 6.89. The first kappa shape index (κ1) is 13.3. The molecule has 21 heavy (non-hydrogen) atoms. The standard InChI is InChI=1S/C13H12N4O3S/c1-17-8(7-2-3-9(18)12(20)11(7)19)6-21-13(17)15-10-4-5-14-16-10/h2-6,18-20H,1H3,(H,14,16). The number of benzene rings is 1. The van der Waals surface area contributed by atoms with Gasteiger partial charge in [0.2, 0.25) is 5.75 Å². The minimum Gasteiger partial charge on any atom is -0.504 e.